The normalized spacial score (nSPS) is 15.9. The van der Waals surface area contributed by atoms with Gasteiger partial charge < -0.3 is 4.42 Å². The van der Waals surface area contributed by atoms with Crippen LogP contribution in [0.4, 0.5) is 0 Å². The van der Waals surface area contributed by atoms with Crippen molar-refractivity contribution in [1.29, 1.82) is 0 Å². The lowest BCUT2D eigenvalue weighted by Gasteiger charge is -2.19. The average Bonchev–Trinajstić information content (AvgIpc) is 3.55. The van der Waals surface area contributed by atoms with Crippen molar-refractivity contribution in [2.75, 3.05) is 0 Å². The second-order valence-corrected chi connectivity index (χ2v) is 9.18. The lowest BCUT2D eigenvalue weighted by atomic mass is 9.84. The van der Waals surface area contributed by atoms with Gasteiger partial charge in [0.05, 0.1) is 16.4 Å². The Hall–Kier alpha value is -5.14. The molecule has 39 heavy (non-hydrogen) atoms. The van der Waals surface area contributed by atoms with Crippen molar-refractivity contribution in [3.63, 3.8) is 0 Å². The second kappa shape index (κ2) is 8.72. The SMILES string of the molecule is [2H]c1c([2H])c([2H])c(-c2c3ccccc3c(-c3c([2H])c([2H])c([2H])c4oc5c([2H])c([2H])c([2H])c([2H])c5c34)c3cc(-c4ccccc4)ccc23)c([2H])c1[2H]. The van der Waals surface area contributed by atoms with Crippen LogP contribution in [0.1, 0.15) is 16.4 Å². The van der Waals surface area contributed by atoms with E-state index >= 15 is 0 Å². The van der Waals surface area contributed by atoms with Crippen LogP contribution in [0, 0.1) is 0 Å². The van der Waals surface area contributed by atoms with Gasteiger partial charge in [0, 0.05) is 10.8 Å². The smallest absolute Gasteiger partial charge is 0.136 e. The first kappa shape index (κ1) is 13.1. The Bertz CT molecular complexity index is 2800. The van der Waals surface area contributed by atoms with Gasteiger partial charge in [-0.15, -0.1) is 0 Å². The van der Waals surface area contributed by atoms with Crippen molar-refractivity contribution < 1.29 is 20.9 Å². The molecule has 7 aromatic carbocycles. The zero-order valence-electron chi connectivity index (χ0n) is 32.3. The molecule has 8 aromatic rings. The molecule has 8 rings (SSSR count). The highest BCUT2D eigenvalue weighted by atomic mass is 16.3. The summed E-state index contributed by atoms with van der Waals surface area (Å²) in [6.45, 7) is 0. The van der Waals surface area contributed by atoms with Crippen molar-refractivity contribution in [3.8, 4) is 33.4 Å². The van der Waals surface area contributed by atoms with Gasteiger partial charge >= 0.3 is 0 Å². The molecule has 0 radical (unpaired) electrons. The first-order valence-corrected chi connectivity index (χ1v) is 12.4. The van der Waals surface area contributed by atoms with E-state index in [0.29, 0.717) is 32.7 Å². The molecule has 1 heteroatoms. The van der Waals surface area contributed by atoms with Gasteiger partial charge in [0.25, 0.3) is 0 Å². The van der Waals surface area contributed by atoms with Gasteiger partial charge in [-0.2, -0.15) is 0 Å². The third kappa shape index (κ3) is 3.41. The summed E-state index contributed by atoms with van der Waals surface area (Å²) in [4.78, 5) is 0. The first-order valence-electron chi connectivity index (χ1n) is 18.4. The second-order valence-electron chi connectivity index (χ2n) is 9.18. The standard InChI is InChI=1S/C38H24O/c1-3-12-25(13-4-1)27-22-23-30-33(24-27)37(29-17-8-7-16-28(29)36(30)26-14-5-2-6-15-26)32-19-11-21-35-38(32)31-18-9-10-20-34(31)39-35/h1-24H/i2D,5D,6D,9D,10D,11D,14D,15D,18D,19D,20D,21D. The summed E-state index contributed by atoms with van der Waals surface area (Å²) >= 11 is 0. The first-order chi connectivity index (χ1) is 24.3. The third-order valence-corrected chi connectivity index (χ3v) is 7.08. The highest BCUT2D eigenvalue weighted by molar-refractivity contribution is 6.26. The molecule has 0 atom stereocenters. The Morgan fingerprint density at radius 2 is 1.13 bits per heavy atom. The van der Waals surface area contributed by atoms with E-state index in [9.17, 15) is 1.37 Å². The van der Waals surface area contributed by atoms with Crippen LogP contribution >= 0.6 is 0 Å². The Morgan fingerprint density at radius 3 is 1.97 bits per heavy atom. The maximum atomic E-state index is 9.35. The highest BCUT2D eigenvalue weighted by Gasteiger charge is 2.20. The molecule has 0 saturated heterocycles. The molecule has 1 nitrogen and oxygen atoms in total. The van der Waals surface area contributed by atoms with Crippen LogP contribution in [-0.2, 0) is 0 Å². The van der Waals surface area contributed by atoms with E-state index in [1.807, 2.05) is 42.5 Å². The van der Waals surface area contributed by atoms with Crippen molar-refractivity contribution in [1.82, 2.24) is 0 Å². The van der Waals surface area contributed by atoms with Crippen LogP contribution < -0.4 is 0 Å². The summed E-state index contributed by atoms with van der Waals surface area (Å²) in [6.07, 6.45) is 0. The summed E-state index contributed by atoms with van der Waals surface area (Å²) in [5.41, 5.74) is 2.10. The largest absolute Gasteiger partial charge is 0.456 e. The molecule has 0 unspecified atom stereocenters. The number of fused-ring (bicyclic) bond motifs is 5. The summed E-state index contributed by atoms with van der Waals surface area (Å²) < 4.78 is 110. The molecule has 0 aliphatic rings. The minimum atomic E-state index is -0.526. The number of furan rings is 1. The molecule has 182 valence electrons. The number of rotatable bonds is 3. The van der Waals surface area contributed by atoms with E-state index in [-0.39, 0.29) is 51.2 Å². The lowest BCUT2D eigenvalue weighted by Crippen LogP contribution is -1.92. The molecule has 0 saturated carbocycles. The maximum absolute atomic E-state index is 9.35. The highest BCUT2D eigenvalue weighted by Crippen LogP contribution is 2.47. The molecule has 0 fully saturated rings. The van der Waals surface area contributed by atoms with Gasteiger partial charge in [-0.05, 0) is 73.1 Å². The van der Waals surface area contributed by atoms with Crippen LogP contribution in [-0.4, -0.2) is 0 Å². The summed E-state index contributed by atoms with van der Waals surface area (Å²) in [5.74, 6) is 0. The monoisotopic (exact) mass is 508 g/mol. The van der Waals surface area contributed by atoms with Crippen LogP contribution in [0.25, 0.3) is 76.9 Å². The van der Waals surface area contributed by atoms with Crippen molar-refractivity contribution in [2.24, 2.45) is 0 Å². The molecular weight excluding hydrogens is 472 g/mol. The van der Waals surface area contributed by atoms with E-state index in [4.69, 9.17) is 19.5 Å². The summed E-state index contributed by atoms with van der Waals surface area (Å²) in [5, 5.41) is 1.98. The fourth-order valence-corrected chi connectivity index (χ4v) is 5.45. The van der Waals surface area contributed by atoms with E-state index in [1.54, 1.807) is 30.3 Å². The lowest BCUT2D eigenvalue weighted by molar-refractivity contribution is 0.669. The molecule has 1 heterocycles. The maximum Gasteiger partial charge on any atom is 0.136 e. The number of hydrogen-bond donors (Lipinski definition) is 0. The van der Waals surface area contributed by atoms with Gasteiger partial charge in [0.1, 0.15) is 11.2 Å². The molecule has 0 aliphatic heterocycles. The van der Waals surface area contributed by atoms with E-state index in [1.165, 1.54) is 0 Å². The number of benzene rings is 7. The number of hydrogen-bond acceptors (Lipinski definition) is 1. The topological polar surface area (TPSA) is 13.1 Å². The van der Waals surface area contributed by atoms with Gasteiger partial charge in [0.2, 0.25) is 0 Å². The minimum Gasteiger partial charge on any atom is -0.456 e. The van der Waals surface area contributed by atoms with Gasteiger partial charge in [0.15, 0.2) is 0 Å². The van der Waals surface area contributed by atoms with Crippen LogP contribution in [0.3, 0.4) is 0 Å². The Morgan fingerprint density at radius 1 is 0.436 bits per heavy atom. The third-order valence-electron chi connectivity index (χ3n) is 7.08. The fourth-order valence-electron chi connectivity index (χ4n) is 5.45. The minimum absolute atomic E-state index is 0.0111. The molecule has 1 aromatic heterocycles. The molecule has 0 spiro atoms. The summed E-state index contributed by atoms with van der Waals surface area (Å²) in [6, 6.07) is 16.5. The van der Waals surface area contributed by atoms with Crippen LogP contribution in [0.15, 0.2) is 150 Å². The van der Waals surface area contributed by atoms with Gasteiger partial charge in [-0.25, -0.2) is 0 Å². The predicted molar refractivity (Wildman–Crippen MR) is 165 cm³/mol. The molecule has 0 amide bonds. The van der Waals surface area contributed by atoms with E-state index in [2.05, 4.69) is 0 Å². The van der Waals surface area contributed by atoms with Gasteiger partial charge in [-0.1, -0.05) is 127 Å². The summed E-state index contributed by atoms with van der Waals surface area (Å²) in [7, 11) is 0. The molecule has 0 aliphatic carbocycles. The predicted octanol–water partition coefficient (Wildman–Crippen LogP) is 10.9. The van der Waals surface area contributed by atoms with Crippen molar-refractivity contribution >= 4 is 43.5 Å². The Labute approximate surface area is 243 Å². The molecule has 0 N–H and O–H groups in total. The van der Waals surface area contributed by atoms with Crippen molar-refractivity contribution in [2.45, 2.75) is 0 Å². The van der Waals surface area contributed by atoms with Crippen LogP contribution in [0.2, 0.25) is 0 Å². The Balaban J connectivity index is 1.68. The zero-order valence-corrected chi connectivity index (χ0v) is 20.3. The fraction of sp³-hybridized carbons (Fsp3) is 0. The van der Waals surface area contributed by atoms with E-state index < -0.39 is 54.4 Å². The van der Waals surface area contributed by atoms with E-state index in [0.717, 1.165) is 11.1 Å². The molecule has 0 bridgehead atoms. The molecular formula is C38H24O. The van der Waals surface area contributed by atoms with Crippen LogP contribution in [0.5, 0.6) is 0 Å². The zero-order chi connectivity index (χ0) is 36.2. The van der Waals surface area contributed by atoms with Gasteiger partial charge in [-0.3, -0.25) is 0 Å². The van der Waals surface area contributed by atoms with Crippen molar-refractivity contribution in [3.05, 3.63) is 145 Å². The number of para-hydroxylation sites is 1. The quantitative estimate of drug-likeness (QED) is 0.216. The Kier molecular flexibility index (Phi) is 2.92. The average molecular weight is 509 g/mol.